The first-order chi connectivity index (χ1) is 9.81. The van der Waals surface area contributed by atoms with Crippen LogP contribution in [-0.4, -0.2) is 40.1 Å². The third-order valence-corrected chi connectivity index (χ3v) is 5.77. The van der Waals surface area contributed by atoms with E-state index in [1.807, 2.05) is 6.07 Å². The molecule has 1 amide bonds. The summed E-state index contributed by atoms with van der Waals surface area (Å²) in [6, 6.07) is 1.93. The Balaban J connectivity index is 1.99. The molecule has 0 spiro atoms. The highest BCUT2D eigenvalue weighted by atomic mass is 32.2. The number of thiophene rings is 1. The molecule has 0 fully saturated rings. The Morgan fingerprint density at radius 3 is 3.15 bits per heavy atom. The molecule has 3 rings (SSSR count). The lowest BCUT2D eigenvalue weighted by atomic mass is 10.0. The maximum absolute atomic E-state index is 12.1. The van der Waals surface area contributed by atoms with Crippen LogP contribution in [0.15, 0.2) is 16.5 Å². The second-order valence-electron chi connectivity index (χ2n) is 4.47. The summed E-state index contributed by atoms with van der Waals surface area (Å²) in [4.78, 5) is 13.2. The molecule has 0 radical (unpaired) electrons. The van der Waals surface area contributed by atoms with Crippen LogP contribution >= 0.6 is 23.1 Å². The fourth-order valence-corrected chi connectivity index (χ4v) is 4.84. The number of thioether (sulfide) groups is 1. The van der Waals surface area contributed by atoms with Crippen molar-refractivity contribution in [1.82, 2.24) is 15.5 Å². The molecule has 1 aliphatic rings. The van der Waals surface area contributed by atoms with Crippen molar-refractivity contribution in [3.63, 3.8) is 0 Å². The van der Waals surface area contributed by atoms with Gasteiger partial charge in [-0.2, -0.15) is 5.10 Å². The second kappa shape index (κ2) is 5.99. The third kappa shape index (κ3) is 2.48. The van der Waals surface area contributed by atoms with Crippen LogP contribution in [0.5, 0.6) is 0 Å². The molecule has 3 heterocycles. The number of amides is 1. The molecule has 0 unspecified atom stereocenters. The van der Waals surface area contributed by atoms with Crippen LogP contribution in [0.3, 0.4) is 0 Å². The van der Waals surface area contributed by atoms with E-state index >= 15 is 0 Å². The van der Waals surface area contributed by atoms with Gasteiger partial charge in [0.05, 0.1) is 20.3 Å². The number of hydrogen-bond donors (Lipinski definition) is 3. The zero-order valence-electron chi connectivity index (χ0n) is 10.8. The molecule has 0 aromatic carbocycles. The highest BCUT2D eigenvalue weighted by Gasteiger charge is 2.27. The largest absolute Gasteiger partial charge is 0.396 e. The highest BCUT2D eigenvalue weighted by molar-refractivity contribution is 8.01. The van der Waals surface area contributed by atoms with Gasteiger partial charge in [-0.25, -0.2) is 0 Å². The number of H-pyrrole nitrogens is 1. The smallest absolute Gasteiger partial charge is 0.253 e. The first kappa shape index (κ1) is 13.7. The molecule has 0 aliphatic carbocycles. The molecule has 7 heteroatoms. The van der Waals surface area contributed by atoms with E-state index in [0.717, 1.165) is 44.5 Å². The summed E-state index contributed by atoms with van der Waals surface area (Å²) in [7, 11) is 0. The average molecular weight is 309 g/mol. The van der Waals surface area contributed by atoms with Gasteiger partial charge in [-0.05, 0) is 24.5 Å². The zero-order chi connectivity index (χ0) is 13.9. The van der Waals surface area contributed by atoms with Gasteiger partial charge in [0.1, 0.15) is 0 Å². The lowest BCUT2D eigenvalue weighted by molar-refractivity contribution is 0.0944. The SMILES string of the molecule is O=C1NCCc2c(-c3ccn[nH]3)sc(SCCCO)c21. The average Bonchev–Trinajstić information content (AvgIpc) is 3.07. The Morgan fingerprint density at radius 1 is 1.50 bits per heavy atom. The van der Waals surface area contributed by atoms with Gasteiger partial charge in [0.15, 0.2) is 0 Å². The number of aromatic amines is 1. The van der Waals surface area contributed by atoms with Crippen molar-refractivity contribution < 1.29 is 9.90 Å². The van der Waals surface area contributed by atoms with Crippen LogP contribution in [0, 0.1) is 0 Å². The number of carbonyl (C=O) groups is 1. The van der Waals surface area contributed by atoms with Crippen molar-refractivity contribution in [3.05, 3.63) is 23.4 Å². The lowest BCUT2D eigenvalue weighted by Crippen LogP contribution is -2.31. The molecule has 2 aromatic rings. The number of nitrogens with zero attached hydrogens (tertiary/aromatic N) is 1. The van der Waals surface area contributed by atoms with Gasteiger partial charge in [-0.1, -0.05) is 0 Å². The van der Waals surface area contributed by atoms with Gasteiger partial charge in [0.25, 0.3) is 5.91 Å². The van der Waals surface area contributed by atoms with Gasteiger partial charge in [-0.3, -0.25) is 9.89 Å². The maximum Gasteiger partial charge on any atom is 0.253 e. The van der Waals surface area contributed by atoms with Crippen LogP contribution in [0.1, 0.15) is 22.3 Å². The van der Waals surface area contributed by atoms with Crippen LogP contribution in [-0.2, 0) is 6.42 Å². The van der Waals surface area contributed by atoms with Crippen molar-refractivity contribution in [3.8, 4) is 10.6 Å². The number of carbonyl (C=O) groups excluding carboxylic acids is 1. The van der Waals surface area contributed by atoms with Crippen molar-refractivity contribution in [2.45, 2.75) is 17.1 Å². The van der Waals surface area contributed by atoms with Gasteiger partial charge in [0, 0.05) is 25.1 Å². The number of aliphatic hydroxyl groups is 1. The molecular formula is C13H15N3O2S2. The predicted molar refractivity (Wildman–Crippen MR) is 80.4 cm³/mol. The number of hydrogen-bond acceptors (Lipinski definition) is 5. The highest BCUT2D eigenvalue weighted by Crippen LogP contribution is 2.42. The van der Waals surface area contributed by atoms with E-state index in [4.69, 9.17) is 5.11 Å². The minimum absolute atomic E-state index is 0.0137. The fraction of sp³-hybridized carbons (Fsp3) is 0.385. The number of fused-ring (bicyclic) bond motifs is 1. The minimum Gasteiger partial charge on any atom is -0.396 e. The van der Waals surface area contributed by atoms with Gasteiger partial charge in [-0.15, -0.1) is 23.1 Å². The van der Waals surface area contributed by atoms with Crippen LogP contribution in [0.25, 0.3) is 10.6 Å². The van der Waals surface area contributed by atoms with E-state index < -0.39 is 0 Å². The van der Waals surface area contributed by atoms with E-state index in [1.54, 1.807) is 29.3 Å². The van der Waals surface area contributed by atoms with E-state index in [0.29, 0.717) is 6.54 Å². The molecule has 106 valence electrons. The molecule has 0 saturated carbocycles. The molecular weight excluding hydrogens is 294 g/mol. The molecule has 20 heavy (non-hydrogen) atoms. The summed E-state index contributed by atoms with van der Waals surface area (Å²) in [6.45, 7) is 0.866. The molecule has 2 aromatic heterocycles. The lowest BCUT2D eigenvalue weighted by Gasteiger charge is -2.14. The summed E-state index contributed by atoms with van der Waals surface area (Å²) < 4.78 is 1.04. The molecule has 3 N–H and O–H groups in total. The van der Waals surface area contributed by atoms with Crippen LogP contribution in [0.2, 0.25) is 0 Å². The van der Waals surface area contributed by atoms with Crippen LogP contribution in [0.4, 0.5) is 0 Å². The molecule has 0 saturated heterocycles. The monoisotopic (exact) mass is 309 g/mol. The Hall–Kier alpha value is -1.31. The van der Waals surface area contributed by atoms with Gasteiger partial charge in [0.2, 0.25) is 0 Å². The number of aromatic nitrogens is 2. The first-order valence-corrected chi connectivity index (χ1v) is 8.28. The summed E-state index contributed by atoms with van der Waals surface area (Å²) in [5.41, 5.74) is 2.90. The Labute approximate surface area is 124 Å². The van der Waals surface area contributed by atoms with Crippen molar-refractivity contribution in [1.29, 1.82) is 0 Å². The summed E-state index contributed by atoms with van der Waals surface area (Å²) in [6.07, 6.45) is 3.31. The van der Waals surface area contributed by atoms with Gasteiger partial charge >= 0.3 is 0 Å². The normalized spacial score (nSPS) is 14.2. The topological polar surface area (TPSA) is 78.0 Å². The zero-order valence-corrected chi connectivity index (χ0v) is 12.4. The Kier molecular flexibility index (Phi) is 4.09. The molecule has 5 nitrogen and oxygen atoms in total. The second-order valence-corrected chi connectivity index (χ2v) is 6.86. The molecule has 0 atom stereocenters. The fourth-order valence-electron chi connectivity index (χ4n) is 2.23. The Bertz CT molecular complexity index is 607. The molecule has 0 bridgehead atoms. The molecule has 1 aliphatic heterocycles. The minimum atomic E-state index is 0.0137. The number of nitrogens with one attached hydrogen (secondary N) is 2. The summed E-state index contributed by atoms with van der Waals surface area (Å²) in [5.74, 6) is 0.832. The maximum atomic E-state index is 12.1. The quantitative estimate of drug-likeness (QED) is 0.582. The van der Waals surface area contributed by atoms with E-state index in [1.165, 1.54) is 0 Å². The third-order valence-electron chi connectivity index (χ3n) is 3.14. The number of rotatable bonds is 5. The number of aliphatic hydroxyl groups excluding tert-OH is 1. The first-order valence-electron chi connectivity index (χ1n) is 6.48. The van der Waals surface area contributed by atoms with Crippen molar-refractivity contribution >= 4 is 29.0 Å². The van der Waals surface area contributed by atoms with E-state index in [9.17, 15) is 4.79 Å². The van der Waals surface area contributed by atoms with E-state index in [2.05, 4.69) is 15.5 Å². The van der Waals surface area contributed by atoms with Crippen molar-refractivity contribution in [2.75, 3.05) is 18.9 Å². The summed E-state index contributed by atoms with van der Waals surface area (Å²) in [5, 5.41) is 18.8. The summed E-state index contributed by atoms with van der Waals surface area (Å²) >= 11 is 3.28. The predicted octanol–water partition coefficient (Wildman–Crippen LogP) is 1.90. The Morgan fingerprint density at radius 2 is 2.40 bits per heavy atom. The van der Waals surface area contributed by atoms with Gasteiger partial charge < -0.3 is 10.4 Å². The van der Waals surface area contributed by atoms with E-state index in [-0.39, 0.29) is 12.5 Å². The standard InChI is InChI=1S/C13H15N3O2S2/c17-6-1-7-19-13-10-8(2-4-14-12(10)18)11(20-13)9-3-5-15-16-9/h3,5,17H,1-2,4,6-7H2,(H,14,18)(H,15,16). The van der Waals surface area contributed by atoms with Crippen molar-refractivity contribution in [2.24, 2.45) is 0 Å². The van der Waals surface area contributed by atoms with Crippen LogP contribution < -0.4 is 5.32 Å².